The average Bonchev–Trinajstić information content (AvgIpc) is 2.64. The molecule has 6 heteroatoms. The second-order valence-corrected chi connectivity index (χ2v) is 4.02. The van der Waals surface area contributed by atoms with Gasteiger partial charge >= 0.3 is 11.9 Å². The summed E-state index contributed by atoms with van der Waals surface area (Å²) in [5, 5.41) is 0.430. The molecule has 2 rings (SSSR count). The molecular formula is C11H10ClNO4. The predicted molar refractivity (Wildman–Crippen MR) is 60.6 cm³/mol. The van der Waals surface area contributed by atoms with Crippen molar-refractivity contribution in [1.29, 1.82) is 0 Å². The van der Waals surface area contributed by atoms with Crippen LogP contribution in [0.3, 0.4) is 0 Å². The predicted octanol–water partition coefficient (Wildman–Crippen LogP) is 1.39. The van der Waals surface area contributed by atoms with E-state index in [1.807, 2.05) is 0 Å². The summed E-state index contributed by atoms with van der Waals surface area (Å²) in [5.41, 5.74) is 6.04. The number of cyclic esters (lactones) is 1. The SMILES string of the molecule is Nc1cc(Cl)ccc1C(=O)O[C@@H]1CCOC1=O. The quantitative estimate of drug-likeness (QED) is 0.638. The monoisotopic (exact) mass is 255 g/mol. The molecule has 1 saturated heterocycles. The van der Waals surface area contributed by atoms with Crippen molar-refractivity contribution in [2.75, 3.05) is 12.3 Å². The van der Waals surface area contributed by atoms with Crippen molar-refractivity contribution >= 4 is 29.2 Å². The zero-order valence-corrected chi connectivity index (χ0v) is 9.57. The molecule has 0 unspecified atom stereocenters. The second-order valence-electron chi connectivity index (χ2n) is 3.58. The van der Waals surface area contributed by atoms with E-state index < -0.39 is 18.0 Å². The number of nitrogens with two attached hydrogens (primary N) is 1. The smallest absolute Gasteiger partial charge is 0.347 e. The Balaban J connectivity index is 2.11. The van der Waals surface area contributed by atoms with E-state index in [1.165, 1.54) is 18.2 Å². The average molecular weight is 256 g/mol. The van der Waals surface area contributed by atoms with Gasteiger partial charge in [-0.15, -0.1) is 0 Å². The number of hydrogen-bond acceptors (Lipinski definition) is 5. The van der Waals surface area contributed by atoms with Crippen LogP contribution in [0.5, 0.6) is 0 Å². The number of esters is 2. The summed E-state index contributed by atoms with van der Waals surface area (Å²) in [6, 6.07) is 4.44. The third-order valence-corrected chi connectivity index (χ3v) is 2.61. The molecule has 0 aliphatic carbocycles. The lowest BCUT2D eigenvalue weighted by Gasteiger charge is -2.09. The van der Waals surface area contributed by atoms with Crippen molar-refractivity contribution in [2.24, 2.45) is 0 Å². The molecule has 5 nitrogen and oxygen atoms in total. The molecule has 17 heavy (non-hydrogen) atoms. The molecule has 2 N–H and O–H groups in total. The highest BCUT2D eigenvalue weighted by Gasteiger charge is 2.30. The molecule has 1 heterocycles. The fourth-order valence-corrected chi connectivity index (χ4v) is 1.68. The van der Waals surface area contributed by atoms with Gasteiger partial charge in [-0.05, 0) is 18.2 Å². The van der Waals surface area contributed by atoms with Gasteiger partial charge in [0.05, 0.1) is 12.2 Å². The maximum Gasteiger partial charge on any atom is 0.347 e. The number of carbonyl (C=O) groups excluding carboxylic acids is 2. The third-order valence-electron chi connectivity index (χ3n) is 2.37. The topological polar surface area (TPSA) is 78.6 Å². The van der Waals surface area contributed by atoms with Crippen molar-refractivity contribution in [2.45, 2.75) is 12.5 Å². The number of benzene rings is 1. The van der Waals surface area contributed by atoms with Crippen LogP contribution < -0.4 is 5.73 Å². The second kappa shape index (κ2) is 4.63. The summed E-state index contributed by atoms with van der Waals surface area (Å²) >= 11 is 5.71. The van der Waals surface area contributed by atoms with Gasteiger partial charge in [0, 0.05) is 17.1 Å². The zero-order chi connectivity index (χ0) is 12.4. The molecule has 0 amide bonds. The number of carbonyl (C=O) groups is 2. The van der Waals surface area contributed by atoms with Gasteiger partial charge in [-0.25, -0.2) is 9.59 Å². The first-order valence-corrected chi connectivity index (χ1v) is 5.38. The molecule has 0 saturated carbocycles. The highest BCUT2D eigenvalue weighted by atomic mass is 35.5. The summed E-state index contributed by atoms with van der Waals surface area (Å²) in [5.74, 6) is -1.17. The Morgan fingerprint density at radius 2 is 2.29 bits per heavy atom. The van der Waals surface area contributed by atoms with Gasteiger partial charge in [-0.1, -0.05) is 11.6 Å². The number of halogens is 1. The first-order chi connectivity index (χ1) is 8.08. The van der Waals surface area contributed by atoms with E-state index in [0.29, 0.717) is 11.4 Å². The van der Waals surface area contributed by atoms with Gasteiger partial charge in [0.1, 0.15) is 0 Å². The Morgan fingerprint density at radius 3 is 2.88 bits per heavy atom. The van der Waals surface area contributed by atoms with Crippen molar-refractivity contribution in [3.63, 3.8) is 0 Å². The van der Waals surface area contributed by atoms with Crippen LogP contribution in [0.2, 0.25) is 5.02 Å². The number of nitrogen functional groups attached to an aromatic ring is 1. The van der Waals surface area contributed by atoms with Gasteiger partial charge in [-0.3, -0.25) is 0 Å². The van der Waals surface area contributed by atoms with E-state index in [-0.39, 0.29) is 17.9 Å². The molecule has 0 aromatic heterocycles. The summed E-state index contributed by atoms with van der Waals surface area (Å²) in [4.78, 5) is 22.9. The molecule has 0 radical (unpaired) electrons. The van der Waals surface area contributed by atoms with Crippen LogP contribution in [0.25, 0.3) is 0 Å². The van der Waals surface area contributed by atoms with Gasteiger partial charge in [-0.2, -0.15) is 0 Å². The Labute approximate surface area is 102 Å². The van der Waals surface area contributed by atoms with Crippen LogP contribution in [-0.4, -0.2) is 24.6 Å². The van der Waals surface area contributed by atoms with Gasteiger partial charge in [0.15, 0.2) is 0 Å². The first kappa shape index (κ1) is 11.7. The summed E-state index contributed by atoms with van der Waals surface area (Å²) in [7, 11) is 0. The lowest BCUT2D eigenvalue weighted by molar-refractivity contribution is -0.145. The van der Waals surface area contributed by atoms with Gasteiger partial charge in [0.25, 0.3) is 0 Å². The third kappa shape index (κ3) is 2.50. The molecule has 0 spiro atoms. The van der Waals surface area contributed by atoms with E-state index in [2.05, 4.69) is 4.74 Å². The van der Waals surface area contributed by atoms with Crippen LogP contribution in [0, 0.1) is 0 Å². The standard InChI is InChI=1S/C11H10ClNO4/c12-6-1-2-7(8(13)5-6)10(14)17-9-3-4-16-11(9)15/h1-2,5,9H,3-4,13H2/t9-/m1/s1. The maximum absolute atomic E-state index is 11.7. The highest BCUT2D eigenvalue weighted by molar-refractivity contribution is 6.31. The number of hydrogen-bond donors (Lipinski definition) is 1. The largest absolute Gasteiger partial charge is 0.463 e. The van der Waals surface area contributed by atoms with E-state index in [9.17, 15) is 9.59 Å². The molecule has 1 aromatic rings. The van der Waals surface area contributed by atoms with Crippen molar-refractivity contribution in [3.8, 4) is 0 Å². The minimum Gasteiger partial charge on any atom is -0.463 e. The maximum atomic E-state index is 11.7. The molecule has 1 atom stereocenters. The minimum absolute atomic E-state index is 0.189. The van der Waals surface area contributed by atoms with Crippen LogP contribution in [0.1, 0.15) is 16.8 Å². The lowest BCUT2D eigenvalue weighted by Crippen LogP contribution is -2.23. The molecule has 1 fully saturated rings. The Hall–Kier alpha value is -1.75. The van der Waals surface area contributed by atoms with Crippen molar-refractivity contribution in [3.05, 3.63) is 28.8 Å². The fourth-order valence-electron chi connectivity index (χ4n) is 1.50. The first-order valence-electron chi connectivity index (χ1n) is 5.00. The van der Waals surface area contributed by atoms with Gasteiger partial charge < -0.3 is 15.2 Å². The number of rotatable bonds is 2. The molecular weight excluding hydrogens is 246 g/mol. The van der Waals surface area contributed by atoms with E-state index in [0.717, 1.165) is 0 Å². The minimum atomic E-state index is -0.836. The summed E-state index contributed by atoms with van der Waals surface area (Å²) in [6.45, 7) is 0.271. The lowest BCUT2D eigenvalue weighted by atomic mass is 10.2. The molecule has 90 valence electrons. The van der Waals surface area contributed by atoms with Crippen LogP contribution in [0.4, 0.5) is 5.69 Å². The summed E-state index contributed by atoms with van der Waals surface area (Å²) < 4.78 is 9.68. The Morgan fingerprint density at radius 1 is 1.53 bits per heavy atom. The normalized spacial score (nSPS) is 18.9. The molecule has 1 aliphatic heterocycles. The van der Waals surface area contributed by atoms with Gasteiger partial charge in [0.2, 0.25) is 6.10 Å². The molecule has 0 bridgehead atoms. The van der Waals surface area contributed by atoms with E-state index in [4.69, 9.17) is 22.1 Å². The van der Waals surface area contributed by atoms with Crippen molar-refractivity contribution in [1.82, 2.24) is 0 Å². The van der Waals surface area contributed by atoms with E-state index >= 15 is 0 Å². The molecule has 1 aliphatic rings. The van der Waals surface area contributed by atoms with E-state index in [1.54, 1.807) is 0 Å². The highest BCUT2D eigenvalue weighted by Crippen LogP contribution is 2.20. The number of ether oxygens (including phenoxy) is 2. The fraction of sp³-hybridized carbons (Fsp3) is 0.273. The van der Waals surface area contributed by atoms with Crippen molar-refractivity contribution < 1.29 is 19.1 Å². The van der Waals surface area contributed by atoms with Crippen LogP contribution >= 0.6 is 11.6 Å². The van der Waals surface area contributed by atoms with Crippen LogP contribution in [0.15, 0.2) is 18.2 Å². The number of anilines is 1. The van der Waals surface area contributed by atoms with Crippen LogP contribution in [-0.2, 0) is 14.3 Å². The molecule has 1 aromatic carbocycles. The summed E-state index contributed by atoms with van der Waals surface area (Å²) in [6.07, 6.45) is -0.462. The Kier molecular flexibility index (Phi) is 3.19. The Bertz CT molecular complexity index is 475. The zero-order valence-electron chi connectivity index (χ0n) is 8.81.